The Labute approximate surface area is 157 Å². The van der Waals surface area contributed by atoms with Crippen molar-refractivity contribution in [1.82, 2.24) is 9.80 Å². The lowest BCUT2D eigenvalue weighted by Gasteiger charge is -2.33. The van der Waals surface area contributed by atoms with Gasteiger partial charge in [-0.3, -0.25) is 0 Å². The molecule has 3 nitrogen and oxygen atoms in total. The van der Waals surface area contributed by atoms with Crippen LogP contribution in [0, 0.1) is 0 Å². The fourth-order valence-electron chi connectivity index (χ4n) is 3.75. The molecule has 1 aliphatic heterocycles. The molecule has 0 unspecified atom stereocenters. The summed E-state index contributed by atoms with van der Waals surface area (Å²) in [7, 11) is 0. The van der Waals surface area contributed by atoms with E-state index in [-0.39, 0.29) is 0 Å². The molecule has 0 saturated carbocycles. The summed E-state index contributed by atoms with van der Waals surface area (Å²) in [6, 6.07) is 0.321. The van der Waals surface area contributed by atoms with Crippen LogP contribution in [0.3, 0.4) is 0 Å². The summed E-state index contributed by atoms with van der Waals surface area (Å²) in [5.41, 5.74) is 0. The average molecular weight is 353 g/mol. The van der Waals surface area contributed by atoms with Gasteiger partial charge in [-0.15, -0.1) is 0 Å². The zero-order valence-electron chi connectivity index (χ0n) is 17.2. The third-order valence-corrected chi connectivity index (χ3v) is 5.46. The van der Waals surface area contributed by atoms with Crippen molar-refractivity contribution in [2.24, 2.45) is 0 Å². The first-order valence-corrected chi connectivity index (χ1v) is 11.3. The van der Waals surface area contributed by atoms with Gasteiger partial charge in [0.05, 0.1) is 0 Å². The maximum atomic E-state index is 12.9. The first-order valence-electron chi connectivity index (χ1n) is 11.3. The third kappa shape index (κ3) is 10.8. The maximum absolute atomic E-state index is 12.9. The summed E-state index contributed by atoms with van der Waals surface area (Å²) in [4.78, 5) is 17.2. The Bertz CT molecular complexity index is 291. The largest absolute Gasteiger partial charge is 0.325 e. The van der Waals surface area contributed by atoms with Crippen molar-refractivity contribution in [3.63, 3.8) is 0 Å². The lowest BCUT2D eigenvalue weighted by atomic mass is 10.1. The van der Waals surface area contributed by atoms with E-state index in [9.17, 15) is 4.79 Å². The molecule has 1 heterocycles. The molecule has 0 aliphatic carbocycles. The van der Waals surface area contributed by atoms with Crippen molar-refractivity contribution < 1.29 is 4.79 Å². The highest BCUT2D eigenvalue weighted by atomic mass is 16.2. The molecule has 0 bridgehead atoms. The topological polar surface area (TPSA) is 23.6 Å². The molecular weight excluding hydrogens is 308 g/mol. The fraction of sp³-hybridized carbons (Fsp3) is 0.955. The van der Waals surface area contributed by atoms with Crippen LogP contribution in [-0.4, -0.2) is 42.0 Å². The van der Waals surface area contributed by atoms with Gasteiger partial charge in [-0.1, -0.05) is 78.1 Å². The van der Waals surface area contributed by atoms with Gasteiger partial charge in [0.2, 0.25) is 0 Å². The normalized spacial score (nSPS) is 16.2. The average Bonchev–Trinajstić information content (AvgIpc) is 2.61. The van der Waals surface area contributed by atoms with Crippen molar-refractivity contribution >= 4 is 6.03 Å². The van der Waals surface area contributed by atoms with Crippen molar-refractivity contribution in [3.05, 3.63) is 0 Å². The van der Waals surface area contributed by atoms with Crippen molar-refractivity contribution in [2.45, 2.75) is 110 Å². The molecule has 1 aliphatic rings. The van der Waals surface area contributed by atoms with Crippen LogP contribution in [0.2, 0.25) is 0 Å². The van der Waals surface area contributed by atoms with Gasteiger partial charge in [-0.25, -0.2) is 4.79 Å². The molecule has 1 fully saturated rings. The van der Waals surface area contributed by atoms with Crippen LogP contribution in [0.15, 0.2) is 0 Å². The van der Waals surface area contributed by atoms with E-state index in [1.54, 1.807) is 0 Å². The second kappa shape index (κ2) is 15.5. The van der Waals surface area contributed by atoms with Gasteiger partial charge in [-0.2, -0.15) is 0 Å². The standard InChI is InChI=1S/C22H44N2O/c1-3-5-7-9-11-14-18-23-20-16-13-17-21-24(22(23)25)19-15-12-10-8-6-4-2/h3-21H2,1-2H3. The number of rotatable bonds is 14. The van der Waals surface area contributed by atoms with Crippen LogP contribution in [0.5, 0.6) is 0 Å². The van der Waals surface area contributed by atoms with Gasteiger partial charge in [0.25, 0.3) is 0 Å². The van der Waals surface area contributed by atoms with Gasteiger partial charge in [0.15, 0.2) is 0 Å². The minimum atomic E-state index is 0.321. The highest BCUT2D eigenvalue weighted by Crippen LogP contribution is 2.14. The SMILES string of the molecule is CCCCCCCCN1CCCCCN(CCCCCCCC)C1=O. The summed E-state index contributed by atoms with van der Waals surface area (Å²) in [5, 5.41) is 0. The van der Waals surface area contributed by atoms with Crippen LogP contribution in [0.1, 0.15) is 110 Å². The number of carbonyl (C=O) groups is 1. The zero-order chi connectivity index (χ0) is 18.2. The number of urea groups is 1. The summed E-state index contributed by atoms with van der Waals surface area (Å²) < 4.78 is 0. The minimum Gasteiger partial charge on any atom is -0.325 e. The second-order valence-corrected chi connectivity index (χ2v) is 7.85. The molecule has 148 valence electrons. The van der Waals surface area contributed by atoms with Crippen molar-refractivity contribution in [2.75, 3.05) is 26.2 Å². The van der Waals surface area contributed by atoms with Gasteiger partial charge in [-0.05, 0) is 32.1 Å². The molecule has 0 spiro atoms. The monoisotopic (exact) mass is 352 g/mol. The van der Waals surface area contributed by atoms with Crippen LogP contribution in [-0.2, 0) is 0 Å². The summed E-state index contributed by atoms with van der Waals surface area (Å²) >= 11 is 0. The molecule has 1 saturated heterocycles. The predicted octanol–water partition coefficient (Wildman–Crippen LogP) is 6.62. The Balaban J connectivity index is 2.27. The van der Waals surface area contributed by atoms with Gasteiger partial charge in [0.1, 0.15) is 0 Å². The Morgan fingerprint density at radius 3 is 1.44 bits per heavy atom. The Morgan fingerprint density at radius 2 is 1.00 bits per heavy atom. The highest BCUT2D eigenvalue weighted by molar-refractivity contribution is 5.74. The Kier molecular flexibility index (Phi) is 13.8. The van der Waals surface area contributed by atoms with Gasteiger partial charge < -0.3 is 9.80 Å². The van der Waals surface area contributed by atoms with Crippen LogP contribution < -0.4 is 0 Å². The summed E-state index contributed by atoms with van der Waals surface area (Å²) in [5.74, 6) is 0. The van der Waals surface area contributed by atoms with Crippen molar-refractivity contribution in [1.29, 1.82) is 0 Å². The molecule has 0 aromatic carbocycles. The molecule has 0 radical (unpaired) electrons. The number of unbranched alkanes of at least 4 members (excludes halogenated alkanes) is 10. The first-order chi connectivity index (χ1) is 12.3. The van der Waals surface area contributed by atoms with Crippen LogP contribution in [0.25, 0.3) is 0 Å². The molecular formula is C22H44N2O. The molecule has 0 aromatic heterocycles. The number of carbonyl (C=O) groups excluding carboxylic acids is 1. The van der Waals surface area contributed by atoms with E-state index in [1.165, 1.54) is 96.3 Å². The lowest BCUT2D eigenvalue weighted by Crippen LogP contribution is -2.46. The molecule has 25 heavy (non-hydrogen) atoms. The lowest BCUT2D eigenvalue weighted by molar-refractivity contribution is 0.142. The molecule has 0 atom stereocenters. The first kappa shape index (κ1) is 22.3. The van der Waals surface area contributed by atoms with E-state index in [1.807, 2.05) is 0 Å². The van der Waals surface area contributed by atoms with E-state index in [4.69, 9.17) is 0 Å². The maximum Gasteiger partial charge on any atom is 0.319 e. The number of amides is 2. The Hall–Kier alpha value is -0.730. The fourth-order valence-corrected chi connectivity index (χ4v) is 3.75. The number of nitrogens with zero attached hydrogens (tertiary/aromatic N) is 2. The zero-order valence-corrected chi connectivity index (χ0v) is 17.2. The van der Waals surface area contributed by atoms with Crippen LogP contribution >= 0.6 is 0 Å². The molecule has 0 aromatic rings. The summed E-state index contributed by atoms with van der Waals surface area (Å²) in [6.45, 7) is 8.41. The third-order valence-electron chi connectivity index (χ3n) is 5.46. The highest BCUT2D eigenvalue weighted by Gasteiger charge is 2.21. The van der Waals surface area contributed by atoms with Gasteiger partial charge >= 0.3 is 6.03 Å². The molecule has 0 N–H and O–H groups in total. The number of hydrogen-bond donors (Lipinski definition) is 0. The van der Waals surface area contributed by atoms with E-state index in [0.717, 1.165) is 26.2 Å². The Morgan fingerprint density at radius 1 is 0.600 bits per heavy atom. The quantitative estimate of drug-likeness (QED) is 0.322. The molecule has 1 rings (SSSR count). The van der Waals surface area contributed by atoms with E-state index < -0.39 is 0 Å². The molecule has 2 amide bonds. The summed E-state index contributed by atoms with van der Waals surface area (Å²) in [6.07, 6.45) is 19.3. The van der Waals surface area contributed by atoms with E-state index in [0.29, 0.717) is 6.03 Å². The van der Waals surface area contributed by atoms with E-state index >= 15 is 0 Å². The second-order valence-electron chi connectivity index (χ2n) is 7.85. The predicted molar refractivity (Wildman–Crippen MR) is 109 cm³/mol. The van der Waals surface area contributed by atoms with E-state index in [2.05, 4.69) is 23.6 Å². The van der Waals surface area contributed by atoms with Gasteiger partial charge in [0, 0.05) is 26.2 Å². The molecule has 3 heteroatoms. The van der Waals surface area contributed by atoms with Crippen LogP contribution in [0.4, 0.5) is 4.79 Å². The smallest absolute Gasteiger partial charge is 0.319 e. The number of hydrogen-bond acceptors (Lipinski definition) is 1. The minimum absolute atomic E-state index is 0.321. The van der Waals surface area contributed by atoms with Crippen molar-refractivity contribution in [3.8, 4) is 0 Å².